The number of carbonyl (C=O) groups is 2. The van der Waals surface area contributed by atoms with E-state index in [4.69, 9.17) is 16.3 Å². The van der Waals surface area contributed by atoms with Crippen molar-refractivity contribution < 1.29 is 19.4 Å². The number of carboxylic acid groups (broad SMARTS) is 1. The first-order valence-corrected chi connectivity index (χ1v) is 11.1. The monoisotopic (exact) mass is 453 g/mol. The summed E-state index contributed by atoms with van der Waals surface area (Å²) in [5, 5.41) is 12.2. The number of halogens is 1. The molecule has 3 aromatic rings. The molecule has 1 aromatic heterocycles. The van der Waals surface area contributed by atoms with Crippen LogP contribution in [0, 0.1) is 5.92 Å². The molecular formula is C25H26ClN2O4-. The standard InChI is InChI=1S/C25H27ClN2O4/c1-2-3-13-23-27-15-20(28(23)16-19-11-7-8-12-22(19)26)17-32-25(31)21(24(29)30)14-18-9-5-4-6-10-18/h4-12,15,21H,2-3,13-14,16-17H2,1H3,(H,29,30)/p-1. The highest BCUT2D eigenvalue weighted by atomic mass is 35.5. The number of carboxylic acids is 1. The fourth-order valence-electron chi connectivity index (χ4n) is 3.45. The van der Waals surface area contributed by atoms with Crippen molar-refractivity contribution in [1.29, 1.82) is 0 Å². The number of benzene rings is 2. The van der Waals surface area contributed by atoms with Gasteiger partial charge < -0.3 is 19.2 Å². The second-order valence-electron chi connectivity index (χ2n) is 7.62. The fraction of sp³-hybridized carbons (Fsp3) is 0.320. The van der Waals surface area contributed by atoms with E-state index in [1.165, 1.54) is 0 Å². The average Bonchev–Trinajstić information content (AvgIpc) is 3.17. The maximum absolute atomic E-state index is 12.6. The van der Waals surface area contributed by atoms with Crippen LogP contribution >= 0.6 is 11.6 Å². The molecule has 6 nitrogen and oxygen atoms in total. The lowest BCUT2D eigenvalue weighted by Crippen LogP contribution is -2.38. The summed E-state index contributed by atoms with van der Waals surface area (Å²) >= 11 is 6.34. The summed E-state index contributed by atoms with van der Waals surface area (Å²) in [7, 11) is 0. The van der Waals surface area contributed by atoms with Gasteiger partial charge in [-0.2, -0.15) is 0 Å². The van der Waals surface area contributed by atoms with E-state index in [1.807, 2.05) is 34.9 Å². The van der Waals surface area contributed by atoms with Gasteiger partial charge in [-0.15, -0.1) is 0 Å². The van der Waals surface area contributed by atoms with E-state index in [2.05, 4.69) is 11.9 Å². The Balaban J connectivity index is 1.75. The van der Waals surface area contributed by atoms with E-state index in [-0.39, 0.29) is 13.0 Å². The van der Waals surface area contributed by atoms with Crippen molar-refractivity contribution in [3.8, 4) is 0 Å². The van der Waals surface area contributed by atoms with Gasteiger partial charge in [-0.1, -0.05) is 73.5 Å². The first kappa shape index (κ1) is 23.5. The molecule has 1 unspecified atom stereocenters. The van der Waals surface area contributed by atoms with Gasteiger partial charge in [0.25, 0.3) is 0 Å². The number of rotatable bonds is 11. The van der Waals surface area contributed by atoms with Crippen LogP contribution in [0.15, 0.2) is 60.8 Å². The van der Waals surface area contributed by atoms with Crippen LogP contribution in [0.4, 0.5) is 0 Å². The van der Waals surface area contributed by atoms with E-state index in [9.17, 15) is 14.7 Å². The van der Waals surface area contributed by atoms with Crippen LogP contribution in [-0.4, -0.2) is 21.5 Å². The first-order valence-electron chi connectivity index (χ1n) is 10.7. The van der Waals surface area contributed by atoms with Crippen LogP contribution in [0.3, 0.4) is 0 Å². The summed E-state index contributed by atoms with van der Waals surface area (Å²) in [5.41, 5.74) is 2.33. The van der Waals surface area contributed by atoms with Gasteiger partial charge in [0.05, 0.1) is 24.4 Å². The molecule has 0 aliphatic heterocycles. The van der Waals surface area contributed by atoms with E-state index in [0.29, 0.717) is 17.3 Å². The lowest BCUT2D eigenvalue weighted by molar-refractivity contribution is -0.310. The maximum atomic E-state index is 12.6. The number of ether oxygens (including phenoxy) is 1. The normalized spacial score (nSPS) is 11.8. The molecule has 0 spiro atoms. The minimum absolute atomic E-state index is 0.0165. The Kier molecular flexibility index (Phi) is 8.45. The summed E-state index contributed by atoms with van der Waals surface area (Å²) in [4.78, 5) is 28.7. The molecule has 1 heterocycles. The average molecular weight is 454 g/mol. The highest BCUT2D eigenvalue weighted by molar-refractivity contribution is 6.31. The predicted octanol–water partition coefficient (Wildman–Crippen LogP) is 3.58. The van der Waals surface area contributed by atoms with Crippen LogP contribution < -0.4 is 5.11 Å². The molecule has 0 fully saturated rings. The molecule has 1 atom stereocenters. The number of aromatic nitrogens is 2. The van der Waals surface area contributed by atoms with Crippen molar-refractivity contribution in [2.45, 2.75) is 45.8 Å². The summed E-state index contributed by atoms with van der Waals surface area (Å²) in [5.74, 6) is -2.78. The van der Waals surface area contributed by atoms with Crippen molar-refractivity contribution in [2.75, 3.05) is 0 Å². The van der Waals surface area contributed by atoms with E-state index in [0.717, 1.165) is 36.2 Å². The maximum Gasteiger partial charge on any atom is 0.315 e. The third-order valence-electron chi connectivity index (χ3n) is 5.28. The zero-order valence-electron chi connectivity index (χ0n) is 18.0. The van der Waals surface area contributed by atoms with Crippen LogP contribution in [0.1, 0.15) is 42.4 Å². The molecule has 0 aliphatic carbocycles. The summed E-state index contributed by atoms with van der Waals surface area (Å²) in [6, 6.07) is 16.5. The third-order valence-corrected chi connectivity index (χ3v) is 5.64. The number of imidazole rings is 1. The van der Waals surface area contributed by atoms with Gasteiger partial charge in [0.2, 0.25) is 0 Å². The lowest BCUT2D eigenvalue weighted by Gasteiger charge is -2.18. The van der Waals surface area contributed by atoms with Crippen molar-refractivity contribution in [1.82, 2.24) is 9.55 Å². The number of unbranched alkanes of at least 4 members (excludes halogenated alkanes) is 1. The second-order valence-corrected chi connectivity index (χ2v) is 8.02. The molecule has 3 rings (SSSR count). The summed E-state index contributed by atoms with van der Waals surface area (Å²) in [6.07, 6.45) is 4.46. The van der Waals surface area contributed by atoms with Gasteiger partial charge in [-0.05, 0) is 30.0 Å². The van der Waals surface area contributed by atoms with Gasteiger partial charge in [-0.25, -0.2) is 4.98 Å². The van der Waals surface area contributed by atoms with Crippen molar-refractivity contribution in [3.63, 3.8) is 0 Å². The highest BCUT2D eigenvalue weighted by Crippen LogP contribution is 2.20. The van der Waals surface area contributed by atoms with Crippen LogP contribution in [-0.2, 0) is 40.3 Å². The Morgan fingerprint density at radius 1 is 1.12 bits per heavy atom. The number of hydrogen-bond acceptors (Lipinski definition) is 5. The number of aryl methyl sites for hydroxylation is 1. The number of aliphatic carboxylic acids is 1. The Bertz CT molecular complexity index is 1050. The predicted molar refractivity (Wildman–Crippen MR) is 120 cm³/mol. The minimum Gasteiger partial charge on any atom is -0.549 e. The quantitative estimate of drug-likeness (QED) is 0.327. The van der Waals surface area contributed by atoms with Crippen LogP contribution in [0.5, 0.6) is 0 Å². The van der Waals surface area contributed by atoms with Gasteiger partial charge in [0.1, 0.15) is 18.3 Å². The summed E-state index contributed by atoms with van der Waals surface area (Å²) in [6.45, 7) is 2.51. The zero-order valence-corrected chi connectivity index (χ0v) is 18.8. The molecule has 168 valence electrons. The smallest absolute Gasteiger partial charge is 0.315 e. The Hall–Kier alpha value is -3.12. The molecule has 0 amide bonds. The molecule has 0 N–H and O–H groups in total. The summed E-state index contributed by atoms with van der Waals surface area (Å²) < 4.78 is 7.38. The molecule has 0 radical (unpaired) electrons. The topological polar surface area (TPSA) is 84.2 Å². The third kappa shape index (κ3) is 6.20. The molecule has 0 saturated carbocycles. The van der Waals surface area contributed by atoms with Gasteiger partial charge in [-0.3, -0.25) is 4.79 Å². The number of carbonyl (C=O) groups excluding carboxylic acids is 2. The largest absolute Gasteiger partial charge is 0.549 e. The first-order chi connectivity index (χ1) is 15.5. The Morgan fingerprint density at radius 2 is 1.84 bits per heavy atom. The Labute approximate surface area is 192 Å². The minimum atomic E-state index is -1.45. The van der Waals surface area contributed by atoms with Gasteiger partial charge in [0, 0.05) is 11.4 Å². The number of esters is 1. The molecule has 32 heavy (non-hydrogen) atoms. The highest BCUT2D eigenvalue weighted by Gasteiger charge is 2.23. The lowest BCUT2D eigenvalue weighted by atomic mass is 10.00. The van der Waals surface area contributed by atoms with Crippen molar-refractivity contribution in [2.24, 2.45) is 5.92 Å². The van der Waals surface area contributed by atoms with Gasteiger partial charge >= 0.3 is 5.97 Å². The van der Waals surface area contributed by atoms with E-state index >= 15 is 0 Å². The van der Waals surface area contributed by atoms with E-state index in [1.54, 1.807) is 30.5 Å². The molecular weight excluding hydrogens is 428 g/mol. The Morgan fingerprint density at radius 3 is 2.53 bits per heavy atom. The molecule has 2 aromatic carbocycles. The molecule has 0 aliphatic rings. The van der Waals surface area contributed by atoms with Gasteiger partial charge in [0.15, 0.2) is 0 Å². The number of nitrogens with zero attached hydrogens (tertiary/aromatic N) is 2. The zero-order chi connectivity index (χ0) is 22.9. The van der Waals surface area contributed by atoms with Crippen LogP contribution in [0.2, 0.25) is 5.02 Å². The molecule has 0 bridgehead atoms. The number of hydrogen-bond donors (Lipinski definition) is 0. The molecule has 0 saturated heterocycles. The van der Waals surface area contributed by atoms with Crippen LogP contribution in [0.25, 0.3) is 0 Å². The molecule has 7 heteroatoms. The fourth-order valence-corrected chi connectivity index (χ4v) is 3.65. The van der Waals surface area contributed by atoms with Crippen molar-refractivity contribution in [3.05, 3.63) is 88.5 Å². The van der Waals surface area contributed by atoms with Crippen molar-refractivity contribution >= 4 is 23.5 Å². The SMILES string of the molecule is CCCCc1ncc(COC(=O)C(Cc2ccccc2)C(=O)[O-])n1Cc1ccccc1Cl. The second kappa shape index (κ2) is 11.5. The van der Waals surface area contributed by atoms with E-state index < -0.39 is 17.9 Å².